The fourth-order valence-electron chi connectivity index (χ4n) is 2.28. The zero-order valence-electron chi connectivity index (χ0n) is 11.7. The van der Waals surface area contributed by atoms with E-state index in [0.29, 0.717) is 17.1 Å². The van der Waals surface area contributed by atoms with E-state index < -0.39 is 9.84 Å². The molecule has 8 heteroatoms. The molecule has 1 fully saturated rings. The van der Waals surface area contributed by atoms with Crippen LogP contribution < -0.4 is 10.6 Å². The van der Waals surface area contributed by atoms with E-state index >= 15 is 0 Å². The van der Waals surface area contributed by atoms with E-state index in [-0.39, 0.29) is 23.5 Å². The molecule has 1 amide bonds. The van der Waals surface area contributed by atoms with Crippen molar-refractivity contribution in [1.82, 2.24) is 4.98 Å². The highest BCUT2D eigenvalue weighted by Gasteiger charge is 2.27. The molecule has 1 aliphatic heterocycles. The fourth-order valence-corrected chi connectivity index (χ4v) is 4.58. The number of anilines is 2. The van der Waals surface area contributed by atoms with Gasteiger partial charge in [-0.05, 0) is 30.0 Å². The van der Waals surface area contributed by atoms with Crippen LogP contribution in [-0.4, -0.2) is 36.9 Å². The Morgan fingerprint density at radius 2 is 2.18 bits per heavy atom. The number of amides is 1. The quantitative estimate of drug-likeness (QED) is 0.891. The summed E-state index contributed by atoms with van der Waals surface area (Å²) in [5.41, 5.74) is 0.747. The van der Waals surface area contributed by atoms with Gasteiger partial charge in [-0.2, -0.15) is 0 Å². The largest absolute Gasteiger partial charge is 0.380 e. The maximum absolute atomic E-state index is 11.9. The summed E-state index contributed by atoms with van der Waals surface area (Å²) in [5, 5.41) is 7.71. The summed E-state index contributed by atoms with van der Waals surface area (Å²) in [7, 11) is -2.90. The van der Waals surface area contributed by atoms with Gasteiger partial charge < -0.3 is 10.6 Å². The summed E-state index contributed by atoms with van der Waals surface area (Å²) in [6, 6.07) is 6.96. The Bertz CT molecular complexity index is 755. The van der Waals surface area contributed by atoms with Gasteiger partial charge in [0, 0.05) is 6.04 Å². The highest BCUT2D eigenvalue weighted by Crippen LogP contribution is 2.18. The van der Waals surface area contributed by atoms with Crippen LogP contribution in [0.5, 0.6) is 0 Å². The van der Waals surface area contributed by atoms with E-state index in [4.69, 9.17) is 0 Å². The van der Waals surface area contributed by atoms with E-state index in [1.807, 2.05) is 11.4 Å². The number of sulfone groups is 1. The molecule has 0 aliphatic carbocycles. The second-order valence-electron chi connectivity index (χ2n) is 5.11. The van der Waals surface area contributed by atoms with Crippen molar-refractivity contribution in [2.24, 2.45) is 0 Å². The Balaban J connectivity index is 1.60. The molecule has 0 radical (unpaired) electrons. The highest BCUT2D eigenvalue weighted by molar-refractivity contribution is 7.91. The molecule has 0 spiro atoms. The molecule has 1 saturated heterocycles. The number of thiophene rings is 1. The van der Waals surface area contributed by atoms with Crippen LogP contribution in [0.25, 0.3) is 0 Å². The van der Waals surface area contributed by atoms with Gasteiger partial charge in [0.25, 0.3) is 5.91 Å². The van der Waals surface area contributed by atoms with Crippen LogP contribution in [0.15, 0.2) is 35.8 Å². The third kappa shape index (κ3) is 3.63. The molecule has 2 N–H and O–H groups in total. The van der Waals surface area contributed by atoms with Crippen molar-refractivity contribution >= 4 is 38.6 Å². The molecule has 3 rings (SSSR count). The normalized spacial score (nSPS) is 19.7. The predicted octanol–water partition coefficient (Wildman–Crippen LogP) is 1.99. The summed E-state index contributed by atoms with van der Waals surface area (Å²) in [5.74, 6) is 0.657. The summed E-state index contributed by atoms with van der Waals surface area (Å²) in [6.45, 7) is 0. The average Bonchev–Trinajstić information content (AvgIpc) is 3.11. The zero-order valence-corrected chi connectivity index (χ0v) is 13.3. The minimum atomic E-state index is -2.90. The summed E-state index contributed by atoms with van der Waals surface area (Å²) >= 11 is 1.37. The lowest BCUT2D eigenvalue weighted by molar-refractivity contribution is 0.103. The number of hydrogen-bond acceptors (Lipinski definition) is 6. The Hall–Kier alpha value is -1.93. The van der Waals surface area contributed by atoms with E-state index in [1.165, 1.54) is 11.3 Å². The van der Waals surface area contributed by atoms with Crippen LogP contribution in [0.2, 0.25) is 0 Å². The molecule has 0 saturated carbocycles. The maximum atomic E-state index is 11.9. The minimum absolute atomic E-state index is 0.0710. The summed E-state index contributed by atoms with van der Waals surface area (Å²) in [6.07, 6.45) is 2.20. The topological polar surface area (TPSA) is 88.2 Å². The van der Waals surface area contributed by atoms with Crippen molar-refractivity contribution in [1.29, 1.82) is 0 Å². The lowest BCUT2D eigenvalue weighted by atomic mass is 10.2. The van der Waals surface area contributed by atoms with Gasteiger partial charge in [-0.25, -0.2) is 13.4 Å². The van der Waals surface area contributed by atoms with Gasteiger partial charge >= 0.3 is 0 Å². The first-order chi connectivity index (χ1) is 10.5. The predicted molar refractivity (Wildman–Crippen MR) is 87.2 cm³/mol. The summed E-state index contributed by atoms with van der Waals surface area (Å²) in [4.78, 5) is 16.7. The van der Waals surface area contributed by atoms with Crippen molar-refractivity contribution in [3.05, 3.63) is 40.7 Å². The van der Waals surface area contributed by atoms with Crippen LogP contribution in [0, 0.1) is 0 Å². The molecule has 116 valence electrons. The Kier molecular flexibility index (Phi) is 4.12. The fraction of sp³-hybridized carbons (Fsp3) is 0.286. The van der Waals surface area contributed by atoms with Crippen molar-refractivity contribution < 1.29 is 13.2 Å². The Morgan fingerprint density at radius 1 is 1.32 bits per heavy atom. The first kappa shape index (κ1) is 15.0. The number of aromatic nitrogens is 1. The van der Waals surface area contributed by atoms with Crippen LogP contribution in [-0.2, 0) is 9.84 Å². The van der Waals surface area contributed by atoms with Crippen molar-refractivity contribution in [3.63, 3.8) is 0 Å². The number of carbonyl (C=O) groups excluding carboxylic acids is 1. The van der Waals surface area contributed by atoms with E-state index in [1.54, 1.807) is 24.4 Å². The summed E-state index contributed by atoms with van der Waals surface area (Å²) < 4.78 is 22.8. The van der Waals surface area contributed by atoms with Gasteiger partial charge in [0.2, 0.25) is 0 Å². The van der Waals surface area contributed by atoms with Crippen molar-refractivity contribution in [3.8, 4) is 0 Å². The second kappa shape index (κ2) is 6.05. The van der Waals surface area contributed by atoms with E-state index in [0.717, 1.165) is 5.69 Å². The standard InChI is InChI=1S/C14H15N3O3S2/c18-14(12-2-1-6-21-12)17-13-4-3-10(8-15-13)16-11-5-7-22(19,20)9-11/h1-4,6,8,11,16H,5,7,9H2,(H,15,17,18). The first-order valence-electron chi connectivity index (χ1n) is 6.80. The molecule has 1 atom stereocenters. The van der Waals surface area contributed by atoms with Crippen LogP contribution in [0.3, 0.4) is 0 Å². The molecule has 2 aromatic heterocycles. The van der Waals surface area contributed by atoms with Crippen molar-refractivity contribution in [2.75, 3.05) is 22.1 Å². The van der Waals surface area contributed by atoms with E-state index in [2.05, 4.69) is 15.6 Å². The van der Waals surface area contributed by atoms with Gasteiger partial charge in [-0.1, -0.05) is 6.07 Å². The minimum Gasteiger partial charge on any atom is -0.380 e. The van der Waals surface area contributed by atoms with Gasteiger partial charge in [0.1, 0.15) is 5.82 Å². The molecule has 6 nitrogen and oxygen atoms in total. The molecule has 2 aromatic rings. The molecule has 1 aliphatic rings. The lowest BCUT2D eigenvalue weighted by Gasteiger charge is -2.12. The third-order valence-corrected chi connectivity index (χ3v) is 5.99. The molecule has 1 unspecified atom stereocenters. The molecule has 22 heavy (non-hydrogen) atoms. The average molecular weight is 337 g/mol. The molecule has 0 bridgehead atoms. The number of rotatable bonds is 4. The number of nitrogens with one attached hydrogen (secondary N) is 2. The lowest BCUT2D eigenvalue weighted by Crippen LogP contribution is -2.20. The Labute approximate surface area is 132 Å². The number of pyridine rings is 1. The highest BCUT2D eigenvalue weighted by atomic mass is 32.2. The first-order valence-corrected chi connectivity index (χ1v) is 9.50. The second-order valence-corrected chi connectivity index (χ2v) is 8.28. The smallest absolute Gasteiger partial charge is 0.266 e. The third-order valence-electron chi connectivity index (χ3n) is 3.35. The molecule has 0 aromatic carbocycles. The number of carbonyl (C=O) groups is 1. The SMILES string of the molecule is O=C(Nc1ccc(NC2CCS(=O)(=O)C2)cn1)c1cccs1. The van der Waals surface area contributed by atoms with Crippen molar-refractivity contribution in [2.45, 2.75) is 12.5 Å². The van der Waals surface area contributed by atoms with Crippen LogP contribution in [0.1, 0.15) is 16.1 Å². The molecular formula is C14H15N3O3S2. The molecular weight excluding hydrogens is 322 g/mol. The van der Waals surface area contributed by atoms with Gasteiger partial charge in [0.05, 0.1) is 28.3 Å². The van der Waals surface area contributed by atoms with Gasteiger partial charge in [-0.3, -0.25) is 4.79 Å². The van der Waals surface area contributed by atoms with Crippen LogP contribution >= 0.6 is 11.3 Å². The van der Waals surface area contributed by atoms with Gasteiger partial charge in [0.15, 0.2) is 9.84 Å². The van der Waals surface area contributed by atoms with E-state index in [9.17, 15) is 13.2 Å². The van der Waals surface area contributed by atoms with Gasteiger partial charge in [-0.15, -0.1) is 11.3 Å². The van der Waals surface area contributed by atoms with Crippen LogP contribution in [0.4, 0.5) is 11.5 Å². The Morgan fingerprint density at radius 3 is 2.77 bits per heavy atom. The molecule has 3 heterocycles. The monoisotopic (exact) mass is 337 g/mol. The number of hydrogen-bond donors (Lipinski definition) is 2. The maximum Gasteiger partial charge on any atom is 0.266 e. The number of nitrogens with zero attached hydrogens (tertiary/aromatic N) is 1. The zero-order chi connectivity index (χ0) is 15.6.